The largest absolute Gasteiger partial charge is 0.323 e. The molecule has 0 bridgehead atoms. The van der Waals surface area contributed by atoms with Gasteiger partial charge < -0.3 is 4.52 Å². The van der Waals surface area contributed by atoms with E-state index >= 15 is 0 Å². The van der Waals surface area contributed by atoms with Crippen molar-refractivity contribution in [1.29, 1.82) is 0 Å². The maximum absolute atomic E-state index is 11.9. The maximum Gasteiger partial charge on any atom is 0.221 e. The number of benzene rings is 1. The maximum atomic E-state index is 11.9. The van der Waals surface area contributed by atoms with E-state index in [1.165, 1.54) is 0 Å². The van der Waals surface area contributed by atoms with Gasteiger partial charge in [0, 0.05) is 5.30 Å². The first-order chi connectivity index (χ1) is 7.79. The lowest BCUT2D eigenvalue weighted by molar-refractivity contribution is 0.378. The topological polar surface area (TPSA) is 26.3 Å². The van der Waals surface area contributed by atoms with Gasteiger partial charge >= 0.3 is 0 Å². The second-order valence-corrected chi connectivity index (χ2v) is 4.86. The summed E-state index contributed by atoms with van der Waals surface area (Å²) >= 11 is 0. The van der Waals surface area contributed by atoms with Crippen LogP contribution in [0.15, 0.2) is 55.1 Å². The Hall–Kier alpha value is -1.37. The van der Waals surface area contributed by atoms with Crippen LogP contribution in [0.25, 0.3) is 5.57 Å². The van der Waals surface area contributed by atoms with Crippen LogP contribution in [0.3, 0.4) is 0 Å². The van der Waals surface area contributed by atoms with Crippen molar-refractivity contribution in [2.75, 3.05) is 6.61 Å². The molecule has 1 aromatic rings. The molecule has 82 valence electrons. The molecule has 0 amide bonds. The summed E-state index contributed by atoms with van der Waals surface area (Å²) in [5.74, 6) is 0. The molecule has 3 heteroatoms. The summed E-state index contributed by atoms with van der Waals surface area (Å²) in [6.45, 7) is 4.34. The molecular weight excluding hydrogens is 219 g/mol. The van der Waals surface area contributed by atoms with Gasteiger partial charge in [-0.2, -0.15) is 0 Å². The molecule has 1 aliphatic heterocycles. The first kappa shape index (κ1) is 11.1. The Morgan fingerprint density at radius 1 is 1.25 bits per heavy atom. The monoisotopic (exact) mass is 232 g/mol. The molecule has 1 heterocycles. The van der Waals surface area contributed by atoms with Gasteiger partial charge in [-0.3, -0.25) is 4.57 Å². The summed E-state index contributed by atoms with van der Waals surface area (Å²) in [6.07, 6.45) is 7.52. The van der Waals surface area contributed by atoms with Crippen molar-refractivity contribution in [1.82, 2.24) is 0 Å². The Morgan fingerprint density at radius 3 is 2.94 bits per heavy atom. The molecule has 0 spiro atoms. The normalized spacial score (nSPS) is 24.5. The zero-order chi connectivity index (χ0) is 11.4. The molecule has 16 heavy (non-hydrogen) atoms. The van der Waals surface area contributed by atoms with Crippen LogP contribution >= 0.6 is 8.03 Å². The fraction of sp³-hybridized carbons (Fsp3) is 0.0769. The number of hydrogen-bond acceptors (Lipinski definition) is 2. The second-order valence-electron chi connectivity index (χ2n) is 3.46. The summed E-state index contributed by atoms with van der Waals surface area (Å²) in [7, 11) is -2.18. The van der Waals surface area contributed by atoms with E-state index in [0.717, 1.165) is 16.4 Å². The molecule has 0 saturated carbocycles. The van der Waals surface area contributed by atoms with Crippen LogP contribution in [-0.4, -0.2) is 6.61 Å². The van der Waals surface area contributed by atoms with Gasteiger partial charge in [0.15, 0.2) is 0 Å². The predicted octanol–water partition coefficient (Wildman–Crippen LogP) is 2.94. The smallest absolute Gasteiger partial charge is 0.221 e. The Kier molecular flexibility index (Phi) is 3.55. The highest BCUT2D eigenvalue weighted by atomic mass is 31.1. The molecule has 2 rings (SSSR count). The van der Waals surface area contributed by atoms with Crippen LogP contribution in [0, 0.1) is 0 Å². The van der Waals surface area contributed by atoms with E-state index in [1.54, 1.807) is 0 Å². The van der Waals surface area contributed by atoms with Crippen LogP contribution in [0.4, 0.5) is 0 Å². The summed E-state index contributed by atoms with van der Waals surface area (Å²) in [4.78, 5) is 0. The minimum Gasteiger partial charge on any atom is -0.323 e. The lowest BCUT2D eigenvalue weighted by Gasteiger charge is -2.10. The van der Waals surface area contributed by atoms with Crippen molar-refractivity contribution in [2.24, 2.45) is 0 Å². The van der Waals surface area contributed by atoms with Crippen LogP contribution in [0.5, 0.6) is 0 Å². The molecular formula is C13H13O2P. The van der Waals surface area contributed by atoms with Gasteiger partial charge in [0.1, 0.15) is 0 Å². The molecule has 0 saturated heterocycles. The molecule has 0 radical (unpaired) electrons. The van der Waals surface area contributed by atoms with Gasteiger partial charge in [-0.1, -0.05) is 49.1 Å². The van der Waals surface area contributed by atoms with Gasteiger partial charge in [-0.15, -0.1) is 0 Å². The van der Waals surface area contributed by atoms with E-state index in [4.69, 9.17) is 4.52 Å². The Balaban J connectivity index is 2.50. The van der Waals surface area contributed by atoms with Gasteiger partial charge in [0.05, 0.1) is 6.61 Å². The number of fused-ring (bicyclic) bond motifs is 1. The van der Waals surface area contributed by atoms with Gasteiger partial charge in [-0.25, -0.2) is 0 Å². The van der Waals surface area contributed by atoms with Crippen LogP contribution < -0.4 is 5.30 Å². The minimum atomic E-state index is -2.18. The van der Waals surface area contributed by atoms with E-state index in [-0.39, 0.29) is 0 Å². The van der Waals surface area contributed by atoms with Crippen LogP contribution in [0.1, 0.15) is 5.56 Å². The highest BCUT2D eigenvalue weighted by molar-refractivity contribution is 7.48. The molecule has 0 N–H and O–H groups in total. The lowest BCUT2D eigenvalue weighted by atomic mass is 10.1. The SMILES string of the molecule is C=C1/C=C\C=C/CO[PH](=O)c2ccccc21. The average Bonchev–Trinajstić information content (AvgIpc) is 2.32. The fourth-order valence-electron chi connectivity index (χ4n) is 1.54. The van der Waals surface area contributed by atoms with Crippen LogP contribution in [0.2, 0.25) is 0 Å². The average molecular weight is 232 g/mol. The predicted molar refractivity (Wildman–Crippen MR) is 68.3 cm³/mol. The second kappa shape index (κ2) is 5.11. The van der Waals surface area contributed by atoms with Crippen molar-refractivity contribution in [3.63, 3.8) is 0 Å². The molecule has 1 atom stereocenters. The third-order valence-electron chi connectivity index (χ3n) is 2.35. The molecule has 2 nitrogen and oxygen atoms in total. The van der Waals surface area contributed by atoms with Crippen molar-refractivity contribution < 1.29 is 9.09 Å². The standard InChI is InChI=1S/C13H13O2P/c1-11-7-3-2-6-10-15-16(14)13-9-5-4-8-12(11)13/h2-9,16H,1,10H2/b6-2-,7-3-. The quantitative estimate of drug-likeness (QED) is 0.643. The van der Waals surface area contributed by atoms with E-state index in [9.17, 15) is 4.57 Å². The zero-order valence-corrected chi connectivity index (χ0v) is 9.85. The summed E-state index contributed by atoms with van der Waals surface area (Å²) in [6, 6.07) is 7.53. The fourth-order valence-corrected chi connectivity index (χ4v) is 2.64. The summed E-state index contributed by atoms with van der Waals surface area (Å²) in [5.41, 5.74) is 1.75. The van der Waals surface area contributed by atoms with E-state index in [2.05, 4.69) is 6.58 Å². The Morgan fingerprint density at radius 2 is 2.06 bits per heavy atom. The summed E-state index contributed by atoms with van der Waals surface area (Å²) in [5, 5.41) is 0.748. The Labute approximate surface area is 95.8 Å². The van der Waals surface area contributed by atoms with E-state index in [0.29, 0.717) is 6.61 Å². The number of hydrogen-bond donors (Lipinski definition) is 0. The van der Waals surface area contributed by atoms with Crippen LogP contribution in [-0.2, 0) is 9.09 Å². The molecule has 1 aromatic carbocycles. The number of allylic oxidation sites excluding steroid dienone is 4. The van der Waals surface area contributed by atoms with Crippen molar-refractivity contribution in [3.05, 3.63) is 60.7 Å². The van der Waals surface area contributed by atoms with Gasteiger partial charge in [-0.05, 0) is 17.2 Å². The van der Waals surface area contributed by atoms with Gasteiger partial charge in [0.2, 0.25) is 8.03 Å². The highest BCUT2D eigenvalue weighted by Crippen LogP contribution is 2.27. The van der Waals surface area contributed by atoms with E-state index < -0.39 is 8.03 Å². The lowest BCUT2D eigenvalue weighted by Crippen LogP contribution is -2.05. The highest BCUT2D eigenvalue weighted by Gasteiger charge is 2.10. The van der Waals surface area contributed by atoms with Crippen molar-refractivity contribution >= 4 is 18.9 Å². The van der Waals surface area contributed by atoms with Crippen molar-refractivity contribution in [3.8, 4) is 0 Å². The molecule has 1 unspecified atom stereocenters. The van der Waals surface area contributed by atoms with Gasteiger partial charge in [0.25, 0.3) is 0 Å². The van der Waals surface area contributed by atoms with E-state index in [1.807, 2.05) is 48.6 Å². The third-order valence-corrected chi connectivity index (χ3v) is 3.65. The Bertz CT molecular complexity index is 486. The first-order valence-corrected chi connectivity index (χ1v) is 6.39. The summed E-state index contributed by atoms with van der Waals surface area (Å²) < 4.78 is 17.2. The number of rotatable bonds is 0. The zero-order valence-electron chi connectivity index (χ0n) is 8.85. The van der Waals surface area contributed by atoms with Crippen molar-refractivity contribution in [2.45, 2.75) is 0 Å². The molecule has 1 aliphatic rings. The first-order valence-electron chi connectivity index (χ1n) is 5.07. The molecule has 0 aliphatic carbocycles. The third kappa shape index (κ3) is 2.41. The molecule has 0 aromatic heterocycles. The minimum absolute atomic E-state index is 0.378. The molecule has 0 fully saturated rings.